The van der Waals surface area contributed by atoms with E-state index in [4.69, 9.17) is 4.42 Å². The summed E-state index contributed by atoms with van der Waals surface area (Å²) in [6.45, 7) is 0. The largest absolute Gasteiger partial charge is 0.471 e. The Morgan fingerprint density at radius 3 is 3.22 bits per heavy atom. The number of hydrogen-bond acceptors (Lipinski definition) is 1. The van der Waals surface area contributed by atoms with Gasteiger partial charge in [-0.3, -0.25) is 0 Å². The molecule has 43 valence electrons. The van der Waals surface area contributed by atoms with Crippen molar-refractivity contribution >= 4 is 10.8 Å². The SMILES string of the molecule is [c]1cccc2cocc12. The van der Waals surface area contributed by atoms with Crippen LogP contribution in [0.15, 0.2) is 35.1 Å². The van der Waals surface area contributed by atoms with Gasteiger partial charge < -0.3 is 4.42 Å². The molecule has 0 aliphatic rings. The first kappa shape index (κ1) is 4.62. The van der Waals surface area contributed by atoms with Crippen molar-refractivity contribution in [3.8, 4) is 0 Å². The zero-order chi connectivity index (χ0) is 6.10. The summed E-state index contributed by atoms with van der Waals surface area (Å²) in [6.07, 6.45) is 3.40. The third-order valence-corrected chi connectivity index (χ3v) is 1.30. The van der Waals surface area contributed by atoms with Crippen molar-refractivity contribution in [3.05, 3.63) is 36.8 Å². The third kappa shape index (κ3) is 0.617. The van der Waals surface area contributed by atoms with E-state index in [2.05, 4.69) is 6.07 Å². The molecule has 1 heteroatoms. The quantitative estimate of drug-likeness (QED) is 0.515. The number of fused-ring (bicyclic) bond motifs is 1. The Hall–Kier alpha value is -1.24. The second-order valence-electron chi connectivity index (χ2n) is 1.91. The number of hydrogen-bond donors (Lipinski definition) is 0. The zero-order valence-corrected chi connectivity index (χ0v) is 4.79. The van der Waals surface area contributed by atoms with Crippen LogP contribution in [0.5, 0.6) is 0 Å². The molecule has 0 aliphatic heterocycles. The first-order valence-electron chi connectivity index (χ1n) is 2.79. The van der Waals surface area contributed by atoms with Gasteiger partial charge in [-0.15, -0.1) is 0 Å². The van der Waals surface area contributed by atoms with Gasteiger partial charge in [-0.25, -0.2) is 0 Å². The van der Waals surface area contributed by atoms with Crippen molar-refractivity contribution in [1.29, 1.82) is 0 Å². The van der Waals surface area contributed by atoms with Gasteiger partial charge in [0.25, 0.3) is 0 Å². The van der Waals surface area contributed by atoms with Crippen LogP contribution in [0.3, 0.4) is 0 Å². The van der Waals surface area contributed by atoms with Gasteiger partial charge in [0.1, 0.15) is 0 Å². The standard InChI is InChI=1S/C8H5O/c1-2-4-8-6-9-5-7(8)3-1/h1-3,5-6H. The van der Waals surface area contributed by atoms with Crippen molar-refractivity contribution in [2.24, 2.45) is 0 Å². The lowest BCUT2D eigenvalue weighted by Crippen LogP contribution is -1.58. The van der Waals surface area contributed by atoms with Gasteiger partial charge in [0.05, 0.1) is 12.5 Å². The minimum atomic E-state index is 1.04. The molecule has 0 amide bonds. The number of benzene rings is 1. The normalized spacial score (nSPS) is 10.2. The highest BCUT2D eigenvalue weighted by atomic mass is 16.3. The highest BCUT2D eigenvalue weighted by Gasteiger charge is 1.89. The molecule has 2 rings (SSSR count). The second-order valence-corrected chi connectivity index (χ2v) is 1.91. The van der Waals surface area contributed by atoms with Crippen molar-refractivity contribution in [3.63, 3.8) is 0 Å². The van der Waals surface area contributed by atoms with Gasteiger partial charge >= 0.3 is 0 Å². The molecule has 0 unspecified atom stereocenters. The van der Waals surface area contributed by atoms with E-state index in [0.717, 1.165) is 10.8 Å². The average Bonchev–Trinajstić information content (AvgIpc) is 2.33. The molecule has 0 saturated carbocycles. The van der Waals surface area contributed by atoms with Crippen LogP contribution in [-0.4, -0.2) is 0 Å². The summed E-state index contributed by atoms with van der Waals surface area (Å²) in [5.74, 6) is 0. The minimum absolute atomic E-state index is 1.04. The van der Waals surface area contributed by atoms with Crippen molar-refractivity contribution in [1.82, 2.24) is 0 Å². The van der Waals surface area contributed by atoms with E-state index in [1.165, 1.54) is 0 Å². The highest BCUT2D eigenvalue weighted by Crippen LogP contribution is 2.12. The van der Waals surface area contributed by atoms with Crippen molar-refractivity contribution in [2.45, 2.75) is 0 Å². The smallest absolute Gasteiger partial charge is 0.0987 e. The molecule has 0 atom stereocenters. The van der Waals surface area contributed by atoms with E-state index < -0.39 is 0 Å². The lowest BCUT2D eigenvalue weighted by atomic mass is 10.2. The Morgan fingerprint density at radius 1 is 1.33 bits per heavy atom. The summed E-state index contributed by atoms with van der Waals surface area (Å²) in [6, 6.07) is 8.85. The fourth-order valence-corrected chi connectivity index (χ4v) is 0.843. The van der Waals surface area contributed by atoms with Crippen LogP contribution in [0, 0.1) is 6.07 Å². The summed E-state index contributed by atoms with van der Waals surface area (Å²) in [5, 5.41) is 2.15. The lowest BCUT2D eigenvalue weighted by Gasteiger charge is -1.79. The van der Waals surface area contributed by atoms with E-state index in [9.17, 15) is 0 Å². The van der Waals surface area contributed by atoms with E-state index in [0.29, 0.717) is 0 Å². The van der Waals surface area contributed by atoms with Crippen LogP contribution in [0.2, 0.25) is 0 Å². The molecule has 0 bridgehead atoms. The highest BCUT2D eigenvalue weighted by molar-refractivity contribution is 5.79. The van der Waals surface area contributed by atoms with Crippen LogP contribution in [-0.2, 0) is 0 Å². The summed E-state index contributed by atoms with van der Waals surface area (Å²) in [7, 11) is 0. The monoisotopic (exact) mass is 117 g/mol. The molecule has 0 fully saturated rings. The fourth-order valence-electron chi connectivity index (χ4n) is 0.843. The summed E-state index contributed by atoms with van der Waals surface area (Å²) in [5.41, 5.74) is 0. The maximum atomic E-state index is 4.93. The van der Waals surface area contributed by atoms with Gasteiger partial charge in [-0.1, -0.05) is 18.2 Å². The summed E-state index contributed by atoms with van der Waals surface area (Å²) in [4.78, 5) is 0. The predicted octanol–water partition coefficient (Wildman–Crippen LogP) is 2.23. The van der Waals surface area contributed by atoms with Crippen molar-refractivity contribution in [2.75, 3.05) is 0 Å². The molecule has 0 spiro atoms. The Kier molecular flexibility index (Phi) is 0.833. The fraction of sp³-hybridized carbons (Fsp3) is 0. The van der Waals surface area contributed by atoms with Gasteiger partial charge in [0.2, 0.25) is 0 Å². The molecule has 9 heavy (non-hydrogen) atoms. The predicted molar refractivity (Wildman–Crippen MR) is 35.1 cm³/mol. The third-order valence-electron chi connectivity index (χ3n) is 1.30. The van der Waals surface area contributed by atoms with Gasteiger partial charge in [-0.05, 0) is 6.07 Å². The van der Waals surface area contributed by atoms with Gasteiger partial charge in [0.15, 0.2) is 0 Å². The van der Waals surface area contributed by atoms with Crippen LogP contribution in [0.1, 0.15) is 0 Å². The van der Waals surface area contributed by atoms with Gasteiger partial charge in [-0.2, -0.15) is 0 Å². The lowest BCUT2D eigenvalue weighted by molar-refractivity contribution is 0.572. The molecule has 0 N–H and O–H groups in total. The van der Waals surface area contributed by atoms with Crippen LogP contribution in [0.25, 0.3) is 10.8 Å². The van der Waals surface area contributed by atoms with E-state index in [-0.39, 0.29) is 0 Å². The Morgan fingerprint density at radius 2 is 2.33 bits per heavy atom. The number of rotatable bonds is 0. The van der Waals surface area contributed by atoms with E-state index >= 15 is 0 Å². The maximum Gasteiger partial charge on any atom is 0.0987 e. The van der Waals surface area contributed by atoms with E-state index in [1.54, 1.807) is 12.5 Å². The molecule has 1 aromatic heterocycles. The molecule has 0 aliphatic carbocycles. The summed E-state index contributed by atoms with van der Waals surface area (Å²) < 4.78 is 4.93. The molecular weight excluding hydrogens is 112 g/mol. The molecule has 1 heterocycles. The van der Waals surface area contributed by atoms with Crippen LogP contribution >= 0.6 is 0 Å². The van der Waals surface area contributed by atoms with Crippen LogP contribution in [0.4, 0.5) is 0 Å². The van der Waals surface area contributed by atoms with E-state index in [1.807, 2.05) is 18.2 Å². The topological polar surface area (TPSA) is 13.1 Å². The zero-order valence-electron chi connectivity index (χ0n) is 4.79. The molecule has 1 radical (unpaired) electrons. The van der Waals surface area contributed by atoms with Crippen molar-refractivity contribution < 1.29 is 4.42 Å². The second kappa shape index (κ2) is 1.62. The maximum absolute atomic E-state index is 4.93. The average molecular weight is 117 g/mol. The number of furan rings is 1. The minimum Gasteiger partial charge on any atom is -0.471 e. The van der Waals surface area contributed by atoms with Crippen LogP contribution < -0.4 is 0 Å². The Labute approximate surface area is 52.9 Å². The van der Waals surface area contributed by atoms with Gasteiger partial charge in [0, 0.05) is 10.8 Å². The summed E-state index contributed by atoms with van der Waals surface area (Å²) >= 11 is 0. The molecule has 1 aromatic carbocycles. The first-order valence-corrected chi connectivity index (χ1v) is 2.79. The molecule has 1 nitrogen and oxygen atoms in total. The Balaban J connectivity index is 2.95. The first-order chi connectivity index (χ1) is 4.47. The molecular formula is C8H5O. The molecule has 0 saturated heterocycles. The Bertz CT molecular complexity index is 279. The molecule has 2 aromatic rings.